The molecule has 0 aromatic carbocycles. The van der Waals surface area contributed by atoms with E-state index in [0.29, 0.717) is 23.0 Å². The molecule has 2 aromatic rings. The summed E-state index contributed by atoms with van der Waals surface area (Å²) in [6.07, 6.45) is 4.51. The van der Waals surface area contributed by atoms with Crippen LogP contribution in [0.2, 0.25) is 0 Å². The average molecular weight is 307 g/mol. The molecule has 7 nitrogen and oxygen atoms in total. The number of nitrogens with zero attached hydrogens (tertiary/aromatic N) is 3. The molecule has 0 bridgehead atoms. The van der Waals surface area contributed by atoms with Crippen LogP contribution in [0.5, 0.6) is 0 Å². The van der Waals surface area contributed by atoms with E-state index in [1.807, 2.05) is 4.57 Å². The molecule has 0 fully saturated rings. The van der Waals surface area contributed by atoms with E-state index in [1.165, 1.54) is 11.0 Å². The molecule has 122 valence electrons. The van der Waals surface area contributed by atoms with Gasteiger partial charge in [0.2, 0.25) is 5.95 Å². The van der Waals surface area contributed by atoms with Gasteiger partial charge in [-0.05, 0) is 12.3 Å². The molecular formula is C15H25N5O2. The maximum atomic E-state index is 12.2. The summed E-state index contributed by atoms with van der Waals surface area (Å²) < 4.78 is 3.28. The van der Waals surface area contributed by atoms with Crippen molar-refractivity contribution in [1.29, 1.82) is 0 Å². The van der Waals surface area contributed by atoms with Crippen LogP contribution in [-0.4, -0.2) is 26.1 Å². The standard InChI is InChI=1S/C15H25N5O2/c1-5-7-8-10(6-2)9-20-11-12(17-14(20)16-3)19(4)15(22)18-13(11)21/h10H,5-9H2,1-4H3,(H,16,17)(H,18,21,22)/t10-/m0/s1. The van der Waals surface area contributed by atoms with Gasteiger partial charge >= 0.3 is 5.69 Å². The highest BCUT2D eigenvalue weighted by Gasteiger charge is 2.18. The molecule has 1 atom stereocenters. The van der Waals surface area contributed by atoms with Crippen LogP contribution in [0.15, 0.2) is 9.59 Å². The molecule has 0 aliphatic heterocycles. The average Bonchev–Trinajstić information content (AvgIpc) is 2.88. The molecule has 7 heteroatoms. The largest absolute Gasteiger partial charge is 0.359 e. The van der Waals surface area contributed by atoms with Crippen molar-refractivity contribution in [3.05, 3.63) is 20.8 Å². The Morgan fingerprint density at radius 1 is 1.32 bits per heavy atom. The van der Waals surface area contributed by atoms with Crippen molar-refractivity contribution in [2.24, 2.45) is 13.0 Å². The molecule has 2 N–H and O–H groups in total. The van der Waals surface area contributed by atoms with E-state index in [9.17, 15) is 9.59 Å². The minimum absolute atomic E-state index is 0.377. The van der Waals surface area contributed by atoms with Crippen molar-refractivity contribution >= 4 is 17.1 Å². The normalized spacial score (nSPS) is 12.7. The van der Waals surface area contributed by atoms with Crippen LogP contribution in [0.25, 0.3) is 11.2 Å². The zero-order valence-electron chi connectivity index (χ0n) is 13.8. The third-order valence-electron chi connectivity index (χ3n) is 4.21. The first-order valence-electron chi connectivity index (χ1n) is 7.90. The SMILES string of the molecule is CCCC[C@H](CC)Cn1c(NC)nc2c1c(=O)[nH]c(=O)n2C. The van der Waals surface area contributed by atoms with E-state index in [1.54, 1.807) is 14.1 Å². The quantitative estimate of drug-likeness (QED) is 0.815. The molecule has 0 aliphatic rings. The minimum Gasteiger partial charge on any atom is -0.359 e. The number of hydrogen-bond acceptors (Lipinski definition) is 4. The lowest BCUT2D eigenvalue weighted by Gasteiger charge is -2.17. The highest BCUT2D eigenvalue weighted by Crippen LogP contribution is 2.21. The minimum atomic E-state index is -0.442. The first-order valence-corrected chi connectivity index (χ1v) is 7.90. The summed E-state index contributed by atoms with van der Waals surface area (Å²) in [7, 11) is 3.39. The fraction of sp³-hybridized carbons (Fsp3) is 0.667. The van der Waals surface area contributed by atoms with E-state index in [0.717, 1.165) is 25.8 Å². The second kappa shape index (κ2) is 6.81. The van der Waals surface area contributed by atoms with Gasteiger partial charge in [-0.25, -0.2) is 4.79 Å². The number of unbranched alkanes of at least 4 members (excludes halogenated alkanes) is 1. The molecular weight excluding hydrogens is 282 g/mol. The molecule has 2 aromatic heterocycles. The Kier molecular flexibility index (Phi) is 5.05. The van der Waals surface area contributed by atoms with E-state index in [4.69, 9.17) is 0 Å². The maximum absolute atomic E-state index is 12.2. The van der Waals surface area contributed by atoms with E-state index in [2.05, 4.69) is 29.1 Å². The van der Waals surface area contributed by atoms with Crippen LogP contribution in [-0.2, 0) is 13.6 Å². The molecule has 0 saturated carbocycles. The lowest BCUT2D eigenvalue weighted by molar-refractivity contribution is 0.397. The van der Waals surface area contributed by atoms with Crippen molar-refractivity contribution < 1.29 is 0 Å². The van der Waals surface area contributed by atoms with Crippen molar-refractivity contribution in [3.63, 3.8) is 0 Å². The second-order valence-electron chi connectivity index (χ2n) is 5.70. The summed E-state index contributed by atoms with van der Waals surface area (Å²) in [5.74, 6) is 1.11. The number of imidazole rings is 1. The number of hydrogen-bond donors (Lipinski definition) is 2. The maximum Gasteiger partial charge on any atom is 0.329 e. The lowest BCUT2D eigenvalue weighted by atomic mass is 9.99. The zero-order chi connectivity index (χ0) is 16.3. The summed E-state index contributed by atoms with van der Waals surface area (Å²) in [6, 6.07) is 0. The Bertz CT molecular complexity index is 756. The number of aromatic nitrogens is 4. The van der Waals surface area contributed by atoms with Crippen molar-refractivity contribution in [1.82, 2.24) is 19.1 Å². The highest BCUT2D eigenvalue weighted by molar-refractivity contribution is 5.74. The van der Waals surface area contributed by atoms with E-state index < -0.39 is 5.69 Å². The molecule has 2 heterocycles. The lowest BCUT2D eigenvalue weighted by Crippen LogP contribution is -2.29. The Morgan fingerprint density at radius 3 is 2.64 bits per heavy atom. The number of anilines is 1. The summed E-state index contributed by atoms with van der Waals surface area (Å²) in [5, 5.41) is 3.03. The van der Waals surface area contributed by atoms with Gasteiger partial charge < -0.3 is 9.88 Å². The number of aryl methyl sites for hydroxylation is 1. The van der Waals surface area contributed by atoms with E-state index >= 15 is 0 Å². The smallest absolute Gasteiger partial charge is 0.329 e. The van der Waals surface area contributed by atoms with Crippen LogP contribution in [0.3, 0.4) is 0 Å². The van der Waals surface area contributed by atoms with Gasteiger partial charge in [0, 0.05) is 20.6 Å². The first-order chi connectivity index (χ1) is 10.5. The van der Waals surface area contributed by atoms with Gasteiger partial charge in [-0.3, -0.25) is 14.3 Å². The van der Waals surface area contributed by atoms with Crippen molar-refractivity contribution in [2.45, 2.75) is 46.1 Å². The van der Waals surface area contributed by atoms with Crippen LogP contribution in [0.4, 0.5) is 5.95 Å². The number of rotatable bonds is 7. The molecule has 0 amide bonds. The Hall–Kier alpha value is -2.05. The second-order valence-corrected chi connectivity index (χ2v) is 5.70. The first kappa shape index (κ1) is 16.3. The summed E-state index contributed by atoms with van der Waals surface area (Å²) >= 11 is 0. The molecule has 0 saturated heterocycles. The summed E-state index contributed by atoms with van der Waals surface area (Å²) in [4.78, 5) is 30.7. The molecule has 0 radical (unpaired) electrons. The number of aromatic amines is 1. The third kappa shape index (κ3) is 2.93. The zero-order valence-corrected chi connectivity index (χ0v) is 13.8. The van der Waals surface area contributed by atoms with Crippen LogP contribution in [0.1, 0.15) is 39.5 Å². The Morgan fingerprint density at radius 2 is 2.05 bits per heavy atom. The van der Waals surface area contributed by atoms with Crippen LogP contribution < -0.4 is 16.6 Å². The predicted octanol–water partition coefficient (Wildman–Crippen LogP) is 1.68. The van der Waals surface area contributed by atoms with Gasteiger partial charge in [-0.2, -0.15) is 4.98 Å². The Labute approximate surface area is 129 Å². The molecule has 0 spiro atoms. The fourth-order valence-corrected chi connectivity index (χ4v) is 2.78. The van der Waals surface area contributed by atoms with Gasteiger partial charge in [0.25, 0.3) is 5.56 Å². The van der Waals surface area contributed by atoms with Crippen LogP contribution >= 0.6 is 0 Å². The van der Waals surface area contributed by atoms with Gasteiger partial charge in [0.1, 0.15) is 0 Å². The molecule has 2 rings (SSSR count). The summed E-state index contributed by atoms with van der Waals surface area (Å²) in [6.45, 7) is 5.07. The Balaban J connectivity index is 2.54. The van der Waals surface area contributed by atoms with E-state index in [-0.39, 0.29) is 5.56 Å². The van der Waals surface area contributed by atoms with Gasteiger partial charge in [-0.15, -0.1) is 0 Å². The monoisotopic (exact) mass is 307 g/mol. The van der Waals surface area contributed by atoms with Gasteiger partial charge in [-0.1, -0.05) is 33.1 Å². The van der Waals surface area contributed by atoms with Crippen molar-refractivity contribution in [2.75, 3.05) is 12.4 Å². The number of fused-ring (bicyclic) bond motifs is 1. The molecule has 0 unspecified atom stereocenters. The fourth-order valence-electron chi connectivity index (χ4n) is 2.78. The molecule has 22 heavy (non-hydrogen) atoms. The summed E-state index contributed by atoms with van der Waals surface area (Å²) in [5.41, 5.74) is 0.0603. The predicted molar refractivity (Wildman–Crippen MR) is 88.4 cm³/mol. The van der Waals surface area contributed by atoms with Crippen LogP contribution in [0, 0.1) is 5.92 Å². The number of nitrogens with one attached hydrogen (secondary N) is 2. The molecule has 0 aliphatic carbocycles. The highest BCUT2D eigenvalue weighted by atomic mass is 16.2. The topological polar surface area (TPSA) is 84.7 Å². The number of H-pyrrole nitrogens is 1. The van der Waals surface area contributed by atoms with Gasteiger partial charge in [0.15, 0.2) is 11.2 Å². The van der Waals surface area contributed by atoms with Gasteiger partial charge in [0.05, 0.1) is 0 Å². The third-order valence-corrected chi connectivity index (χ3v) is 4.21. The van der Waals surface area contributed by atoms with Crippen molar-refractivity contribution in [3.8, 4) is 0 Å².